The molecular weight excluding hydrogens is 250 g/mol. The van der Waals surface area contributed by atoms with Gasteiger partial charge in [0.25, 0.3) is 5.91 Å². The van der Waals surface area contributed by atoms with Crippen molar-refractivity contribution < 1.29 is 4.79 Å². The second-order valence-corrected chi connectivity index (χ2v) is 5.65. The fraction of sp³-hybridized carbons (Fsp3) is 0.625. The minimum atomic E-state index is -0.0691. The summed E-state index contributed by atoms with van der Waals surface area (Å²) in [4.78, 5) is 18.7. The SMILES string of the molecule is Cc1cccc(C(=O)NCCCN2CCCCC2C)n1. The van der Waals surface area contributed by atoms with Crippen molar-refractivity contribution in [1.82, 2.24) is 15.2 Å². The standard InChI is InChI=1S/C16H25N3O/c1-13-7-5-9-15(18-13)16(20)17-10-6-12-19-11-4-3-8-14(19)2/h5,7,9,14H,3-4,6,8,10-12H2,1-2H3,(H,17,20). The summed E-state index contributed by atoms with van der Waals surface area (Å²) in [6, 6.07) is 6.22. The van der Waals surface area contributed by atoms with Gasteiger partial charge in [-0.1, -0.05) is 12.5 Å². The molecule has 2 rings (SSSR count). The number of hydrogen-bond acceptors (Lipinski definition) is 3. The van der Waals surface area contributed by atoms with Gasteiger partial charge in [-0.25, -0.2) is 4.98 Å². The highest BCUT2D eigenvalue weighted by atomic mass is 16.1. The van der Waals surface area contributed by atoms with Crippen LogP contribution in [0.3, 0.4) is 0 Å². The highest BCUT2D eigenvalue weighted by Gasteiger charge is 2.17. The molecule has 4 heteroatoms. The van der Waals surface area contributed by atoms with E-state index in [-0.39, 0.29) is 5.91 Å². The zero-order valence-electron chi connectivity index (χ0n) is 12.6. The van der Waals surface area contributed by atoms with Gasteiger partial charge in [-0.2, -0.15) is 0 Å². The molecular formula is C16H25N3O. The smallest absolute Gasteiger partial charge is 0.269 e. The number of nitrogens with one attached hydrogen (secondary N) is 1. The van der Waals surface area contributed by atoms with E-state index < -0.39 is 0 Å². The van der Waals surface area contributed by atoms with Gasteiger partial charge < -0.3 is 10.2 Å². The fourth-order valence-corrected chi connectivity index (χ4v) is 2.73. The van der Waals surface area contributed by atoms with Crippen LogP contribution in [0.1, 0.15) is 48.8 Å². The summed E-state index contributed by atoms with van der Waals surface area (Å²) in [5.41, 5.74) is 1.39. The number of nitrogens with zero attached hydrogens (tertiary/aromatic N) is 2. The van der Waals surface area contributed by atoms with Crippen molar-refractivity contribution in [3.8, 4) is 0 Å². The van der Waals surface area contributed by atoms with Crippen LogP contribution in [-0.2, 0) is 0 Å². The lowest BCUT2D eigenvalue weighted by atomic mass is 10.0. The van der Waals surface area contributed by atoms with Crippen LogP contribution in [0.15, 0.2) is 18.2 Å². The Morgan fingerprint density at radius 2 is 2.30 bits per heavy atom. The molecule has 0 spiro atoms. The Morgan fingerprint density at radius 1 is 1.45 bits per heavy atom. The van der Waals surface area contributed by atoms with Gasteiger partial charge >= 0.3 is 0 Å². The Morgan fingerprint density at radius 3 is 3.05 bits per heavy atom. The number of carbonyl (C=O) groups is 1. The first-order chi connectivity index (χ1) is 9.66. The van der Waals surface area contributed by atoms with Gasteiger partial charge in [-0.15, -0.1) is 0 Å². The van der Waals surface area contributed by atoms with Crippen molar-refractivity contribution >= 4 is 5.91 Å². The minimum absolute atomic E-state index is 0.0691. The highest BCUT2D eigenvalue weighted by Crippen LogP contribution is 2.16. The van der Waals surface area contributed by atoms with E-state index in [1.807, 2.05) is 19.1 Å². The van der Waals surface area contributed by atoms with Crippen molar-refractivity contribution in [3.63, 3.8) is 0 Å². The van der Waals surface area contributed by atoms with E-state index in [0.717, 1.165) is 25.2 Å². The average Bonchev–Trinajstić information content (AvgIpc) is 2.45. The van der Waals surface area contributed by atoms with Crippen LogP contribution in [0.4, 0.5) is 0 Å². The average molecular weight is 275 g/mol. The monoisotopic (exact) mass is 275 g/mol. The summed E-state index contributed by atoms with van der Waals surface area (Å²) in [5.74, 6) is -0.0691. The lowest BCUT2D eigenvalue weighted by Crippen LogP contribution is -2.39. The molecule has 0 aromatic carbocycles. The van der Waals surface area contributed by atoms with E-state index in [9.17, 15) is 4.79 Å². The first-order valence-electron chi connectivity index (χ1n) is 7.63. The number of carbonyl (C=O) groups excluding carboxylic acids is 1. The third-order valence-corrected chi connectivity index (χ3v) is 3.97. The van der Waals surface area contributed by atoms with Crippen LogP contribution < -0.4 is 5.32 Å². The summed E-state index contributed by atoms with van der Waals surface area (Å²) in [6.07, 6.45) is 4.97. The molecule has 1 atom stereocenters. The number of piperidine rings is 1. The number of amides is 1. The Kier molecular flexibility index (Phi) is 5.53. The molecule has 1 N–H and O–H groups in total. The molecule has 0 radical (unpaired) electrons. The highest BCUT2D eigenvalue weighted by molar-refractivity contribution is 5.92. The minimum Gasteiger partial charge on any atom is -0.351 e. The van der Waals surface area contributed by atoms with Crippen molar-refractivity contribution in [2.24, 2.45) is 0 Å². The molecule has 110 valence electrons. The van der Waals surface area contributed by atoms with Crippen molar-refractivity contribution in [2.45, 2.75) is 45.6 Å². The van der Waals surface area contributed by atoms with Crippen LogP contribution in [0, 0.1) is 6.92 Å². The molecule has 0 aliphatic carbocycles. The lowest BCUT2D eigenvalue weighted by molar-refractivity contribution is 0.0943. The first-order valence-corrected chi connectivity index (χ1v) is 7.63. The Hall–Kier alpha value is -1.42. The van der Waals surface area contributed by atoms with E-state index in [2.05, 4.69) is 22.1 Å². The summed E-state index contributed by atoms with van der Waals surface area (Å²) < 4.78 is 0. The summed E-state index contributed by atoms with van der Waals surface area (Å²) in [5, 5.41) is 2.95. The quantitative estimate of drug-likeness (QED) is 0.839. The van der Waals surface area contributed by atoms with Gasteiger partial charge in [-0.3, -0.25) is 4.79 Å². The van der Waals surface area contributed by atoms with E-state index in [1.54, 1.807) is 6.07 Å². The first kappa shape index (κ1) is 15.0. The number of hydrogen-bond donors (Lipinski definition) is 1. The molecule has 4 nitrogen and oxygen atoms in total. The fourth-order valence-electron chi connectivity index (χ4n) is 2.73. The molecule has 1 aliphatic heterocycles. The van der Waals surface area contributed by atoms with Gasteiger partial charge in [-0.05, 0) is 51.8 Å². The van der Waals surface area contributed by atoms with Crippen LogP contribution in [-0.4, -0.2) is 41.5 Å². The predicted molar refractivity (Wildman–Crippen MR) is 80.8 cm³/mol. The molecule has 2 heterocycles. The predicted octanol–water partition coefficient (Wildman–Crippen LogP) is 2.38. The number of aromatic nitrogens is 1. The number of aryl methyl sites for hydroxylation is 1. The van der Waals surface area contributed by atoms with Gasteiger partial charge in [0.2, 0.25) is 0 Å². The summed E-state index contributed by atoms with van der Waals surface area (Å²) in [7, 11) is 0. The topological polar surface area (TPSA) is 45.2 Å². The zero-order valence-corrected chi connectivity index (χ0v) is 12.6. The van der Waals surface area contributed by atoms with Gasteiger partial charge in [0.1, 0.15) is 5.69 Å². The van der Waals surface area contributed by atoms with Crippen molar-refractivity contribution in [2.75, 3.05) is 19.6 Å². The molecule has 1 aromatic heterocycles. The molecule has 1 aromatic rings. The van der Waals surface area contributed by atoms with Crippen LogP contribution >= 0.6 is 0 Å². The van der Waals surface area contributed by atoms with Crippen molar-refractivity contribution in [1.29, 1.82) is 0 Å². The molecule has 1 unspecified atom stereocenters. The Bertz CT molecular complexity index is 447. The number of rotatable bonds is 5. The zero-order chi connectivity index (χ0) is 14.4. The molecule has 20 heavy (non-hydrogen) atoms. The third-order valence-electron chi connectivity index (χ3n) is 3.97. The van der Waals surface area contributed by atoms with E-state index in [0.29, 0.717) is 11.7 Å². The van der Waals surface area contributed by atoms with E-state index >= 15 is 0 Å². The Balaban J connectivity index is 1.69. The van der Waals surface area contributed by atoms with Crippen LogP contribution in [0.5, 0.6) is 0 Å². The van der Waals surface area contributed by atoms with Gasteiger partial charge in [0.05, 0.1) is 0 Å². The van der Waals surface area contributed by atoms with Gasteiger partial charge in [0, 0.05) is 24.8 Å². The van der Waals surface area contributed by atoms with E-state index in [1.165, 1.54) is 25.8 Å². The third kappa shape index (κ3) is 4.30. The van der Waals surface area contributed by atoms with E-state index in [4.69, 9.17) is 0 Å². The molecule has 0 bridgehead atoms. The number of likely N-dealkylation sites (tertiary alicyclic amines) is 1. The normalized spacial score (nSPS) is 19.8. The van der Waals surface area contributed by atoms with Crippen molar-refractivity contribution in [3.05, 3.63) is 29.6 Å². The maximum absolute atomic E-state index is 11.9. The molecule has 1 saturated heterocycles. The summed E-state index contributed by atoms with van der Waals surface area (Å²) >= 11 is 0. The second-order valence-electron chi connectivity index (χ2n) is 5.65. The molecule has 1 fully saturated rings. The van der Waals surface area contributed by atoms with Gasteiger partial charge in [0.15, 0.2) is 0 Å². The van der Waals surface area contributed by atoms with Crippen LogP contribution in [0.2, 0.25) is 0 Å². The molecule has 0 saturated carbocycles. The maximum Gasteiger partial charge on any atom is 0.269 e. The number of pyridine rings is 1. The van der Waals surface area contributed by atoms with Crippen LogP contribution in [0.25, 0.3) is 0 Å². The summed E-state index contributed by atoms with van der Waals surface area (Å²) in [6.45, 7) is 7.19. The Labute approximate surface area is 121 Å². The molecule has 1 amide bonds. The second kappa shape index (κ2) is 7.39. The largest absolute Gasteiger partial charge is 0.351 e. The molecule has 1 aliphatic rings. The lowest BCUT2D eigenvalue weighted by Gasteiger charge is -2.33. The maximum atomic E-state index is 11.9.